The zero-order valence-corrected chi connectivity index (χ0v) is 23.9. The van der Waals surface area contributed by atoms with Crippen molar-refractivity contribution in [2.24, 2.45) is 5.92 Å². The molecule has 0 saturated carbocycles. The van der Waals surface area contributed by atoms with Gasteiger partial charge in [0, 0.05) is 28.7 Å². The number of nitrogens with one attached hydrogen (secondary N) is 1. The van der Waals surface area contributed by atoms with Gasteiger partial charge in [0.05, 0.1) is 11.9 Å². The van der Waals surface area contributed by atoms with Crippen LogP contribution in [0.25, 0.3) is 0 Å². The van der Waals surface area contributed by atoms with Gasteiger partial charge in [0.2, 0.25) is 21.8 Å². The van der Waals surface area contributed by atoms with E-state index in [2.05, 4.69) is 5.32 Å². The van der Waals surface area contributed by atoms with Gasteiger partial charge in [-0.2, -0.15) is 0 Å². The molecular formula is C26H35Cl2N3O4S. The Labute approximate surface area is 224 Å². The van der Waals surface area contributed by atoms with Crippen LogP contribution in [0.3, 0.4) is 0 Å². The number of hydrogen-bond acceptors (Lipinski definition) is 4. The largest absolute Gasteiger partial charge is 0.354 e. The Hall–Kier alpha value is -2.29. The molecule has 0 aliphatic rings. The van der Waals surface area contributed by atoms with E-state index in [0.717, 1.165) is 16.1 Å². The van der Waals surface area contributed by atoms with Crippen LogP contribution in [-0.4, -0.2) is 50.5 Å². The fourth-order valence-electron chi connectivity index (χ4n) is 3.69. The van der Waals surface area contributed by atoms with Gasteiger partial charge < -0.3 is 10.2 Å². The molecule has 0 unspecified atom stereocenters. The first-order valence-electron chi connectivity index (χ1n) is 11.8. The molecule has 1 N–H and O–H groups in total. The number of amides is 2. The van der Waals surface area contributed by atoms with Crippen molar-refractivity contribution in [3.8, 4) is 0 Å². The van der Waals surface area contributed by atoms with Crippen LogP contribution in [0.5, 0.6) is 0 Å². The third-order valence-electron chi connectivity index (χ3n) is 5.75. The lowest BCUT2D eigenvalue weighted by molar-refractivity contribution is -0.139. The summed E-state index contributed by atoms with van der Waals surface area (Å²) in [5, 5.41) is 3.54. The molecule has 0 fully saturated rings. The molecule has 0 saturated heterocycles. The Balaban J connectivity index is 2.49. The third-order valence-corrected chi connectivity index (χ3v) is 7.58. The number of carbonyl (C=O) groups is 2. The van der Waals surface area contributed by atoms with Crippen molar-refractivity contribution < 1.29 is 18.0 Å². The maximum Gasteiger partial charge on any atom is 0.244 e. The van der Waals surface area contributed by atoms with Crippen LogP contribution in [0.2, 0.25) is 10.0 Å². The van der Waals surface area contributed by atoms with E-state index in [1.165, 1.54) is 4.90 Å². The SMILES string of the molecule is CC(C)CNC(=O)[C@@H](C)N(Cc1c(Cl)cccc1Cl)C(=O)CN(c1ccccc1C(C)C)S(C)(=O)=O. The molecule has 2 rings (SSSR count). The van der Waals surface area contributed by atoms with E-state index in [4.69, 9.17) is 23.2 Å². The quantitative estimate of drug-likeness (QED) is 0.419. The summed E-state index contributed by atoms with van der Waals surface area (Å²) in [6.07, 6.45) is 1.06. The monoisotopic (exact) mass is 555 g/mol. The molecule has 0 heterocycles. The highest BCUT2D eigenvalue weighted by atomic mass is 35.5. The van der Waals surface area contributed by atoms with Crippen LogP contribution in [-0.2, 0) is 26.2 Å². The highest BCUT2D eigenvalue weighted by Crippen LogP contribution is 2.30. The standard InChI is InChI=1S/C26H35Cl2N3O4S/c1-17(2)14-29-26(33)19(5)30(15-21-22(27)11-9-12-23(21)28)25(32)16-31(36(6,34)35)24-13-8-7-10-20(24)18(3)4/h7-13,17-19H,14-16H2,1-6H3,(H,29,33)/t19-/m1/s1. The zero-order chi connectivity index (χ0) is 27.2. The summed E-state index contributed by atoms with van der Waals surface area (Å²) in [7, 11) is -3.83. The number of halogens is 2. The summed E-state index contributed by atoms with van der Waals surface area (Å²) in [6.45, 7) is 9.34. The van der Waals surface area contributed by atoms with Crippen LogP contribution in [0.15, 0.2) is 42.5 Å². The van der Waals surface area contributed by atoms with Gasteiger partial charge in [-0.1, -0.05) is 75.2 Å². The molecule has 0 spiro atoms. The van der Waals surface area contributed by atoms with Crippen LogP contribution in [0.4, 0.5) is 5.69 Å². The lowest BCUT2D eigenvalue weighted by Crippen LogP contribution is -2.51. The Morgan fingerprint density at radius 3 is 2.06 bits per heavy atom. The van der Waals surface area contributed by atoms with Crippen molar-refractivity contribution >= 4 is 50.7 Å². The summed E-state index contributed by atoms with van der Waals surface area (Å²) in [5.74, 6) is -0.660. The van der Waals surface area contributed by atoms with Crippen molar-refractivity contribution in [3.63, 3.8) is 0 Å². The van der Waals surface area contributed by atoms with E-state index >= 15 is 0 Å². The van der Waals surface area contributed by atoms with Gasteiger partial charge in [0.15, 0.2) is 0 Å². The molecule has 0 radical (unpaired) electrons. The van der Waals surface area contributed by atoms with Crippen molar-refractivity contribution in [1.82, 2.24) is 10.2 Å². The number of hydrogen-bond donors (Lipinski definition) is 1. The average molecular weight is 557 g/mol. The highest BCUT2D eigenvalue weighted by molar-refractivity contribution is 7.92. The Morgan fingerprint density at radius 2 is 1.53 bits per heavy atom. The minimum Gasteiger partial charge on any atom is -0.354 e. The molecule has 10 heteroatoms. The molecule has 2 aromatic carbocycles. The van der Waals surface area contributed by atoms with Crippen LogP contribution in [0.1, 0.15) is 51.7 Å². The Morgan fingerprint density at radius 1 is 0.944 bits per heavy atom. The van der Waals surface area contributed by atoms with E-state index in [0.29, 0.717) is 27.8 Å². The predicted octanol–water partition coefficient (Wildman–Crippen LogP) is 5.07. The normalized spacial score (nSPS) is 12.5. The van der Waals surface area contributed by atoms with E-state index in [-0.39, 0.29) is 24.3 Å². The van der Waals surface area contributed by atoms with Crippen LogP contribution < -0.4 is 9.62 Å². The molecule has 0 aliphatic carbocycles. The lowest BCUT2D eigenvalue weighted by Gasteiger charge is -2.32. The number of rotatable bonds is 11. The topological polar surface area (TPSA) is 86.8 Å². The van der Waals surface area contributed by atoms with Gasteiger partial charge in [-0.15, -0.1) is 0 Å². The summed E-state index contributed by atoms with van der Waals surface area (Å²) in [6, 6.07) is 11.2. The minimum absolute atomic E-state index is 0.0271. The first kappa shape index (κ1) is 29.9. The first-order chi connectivity index (χ1) is 16.7. The van der Waals surface area contributed by atoms with Gasteiger partial charge in [-0.05, 0) is 42.5 Å². The molecule has 0 aliphatic heterocycles. The highest BCUT2D eigenvalue weighted by Gasteiger charge is 2.31. The Kier molecular flexibility index (Phi) is 10.6. The van der Waals surface area contributed by atoms with Crippen LogP contribution >= 0.6 is 23.2 Å². The minimum atomic E-state index is -3.83. The van der Waals surface area contributed by atoms with Crippen molar-refractivity contribution in [2.75, 3.05) is 23.7 Å². The van der Waals surface area contributed by atoms with Crippen molar-refractivity contribution in [1.29, 1.82) is 0 Å². The maximum atomic E-state index is 13.7. The lowest BCUT2D eigenvalue weighted by atomic mass is 10.0. The fraction of sp³-hybridized carbons (Fsp3) is 0.462. The smallest absolute Gasteiger partial charge is 0.244 e. The predicted molar refractivity (Wildman–Crippen MR) is 147 cm³/mol. The summed E-state index contributed by atoms with van der Waals surface area (Å²) in [5.41, 5.74) is 1.70. The summed E-state index contributed by atoms with van der Waals surface area (Å²) >= 11 is 12.7. The van der Waals surface area contributed by atoms with Crippen molar-refractivity contribution in [2.45, 2.75) is 53.1 Å². The molecule has 198 valence electrons. The van der Waals surface area contributed by atoms with Gasteiger partial charge in [-0.25, -0.2) is 8.42 Å². The van der Waals surface area contributed by atoms with Gasteiger partial charge in [-0.3, -0.25) is 13.9 Å². The summed E-state index contributed by atoms with van der Waals surface area (Å²) < 4.78 is 26.8. The molecule has 7 nitrogen and oxygen atoms in total. The number of para-hydroxylation sites is 1. The number of benzene rings is 2. The molecule has 0 aromatic heterocycles. The molecule has 1 atom stereocenters. The molecule has 2 amide bonds. The van der Waals surface area contributed by atoms with Gasteiger partial charge in [0.25, 0.3) is 0 Å². The number of nitrogens with zero attached hydrogens (tertiary/aromatic N) is 2. The number of sulfonamides is 1. The fourth-order valence-corrected chi connectivity index (χ4v) is 5.07. The summed E-state index contributed by atoms with van der Waals surface area (Å²) in [4.78, 5) is 28.0. The second kappa shape index (κ2) is 12.8. The number of carbonyl (C=O) groups excluding carboxylic acids is 2. The number of anilines is 1. The second-order valence-corrected chi connectivity index (χ2v) is 12.2. The molecule has 2 aromatic rings. The second-order valence-electron chi connectivity index (χ2n) is 9.52. The first-order valence-corrected chi connectivity index (χ1v) is 14.4. The van der Waals surface area contributed by atoms with E-state index < -0.39 is 28.5 Å². The maximum absolute atomic E-state index is 13.7. The molecular weight excluding hydrogens is 521 g/mol. The van der Waals surface area contributed by atoms with E-state index in [1.54, 1.807) is 37.3 Å². The van der Waals surface area contributed by atoms with Crippen LogP contribution in [0, 0.1) is 5.92 Å². The van der Waals surface area contributed by atoms with Crippen molar-refractivity contribution in [3.05, 3.63) is 63.6 Å². The third kappa shape index (κ3) is 7.85. The molecule has 0 bridgehead atoms. The average Bonchev–Trinajstić information content (AvgIpc) is 2.79. The molecule has 36 heavy (non-hydrogen) atoms. The van der Waals surface area contributed by atoms with E-state index in [9.17, 15) is 18.0 Å². The zero-order valence-electron chi connectivity index (χ0n) is 21.6. The van der Waals surface area contributed by atoms with Gasteiger partial charge in [0.1, 0.15) is 12.6 Å². The Bertz CT molecular complexity index is 1170. The van der Waals surface area contributed by atoms with Gasteiger partial charge >= 0.3 is 0 Å². The van der Waals surface area contributed by atoms with E-state index in [1.807, 2.05) is 39.8 Å².